The van der Waals surface area contributed by atoms with Crippen LogP contribution in [-0.4, -0.2) is 34.1 Å². The second kappa shape index (κ2) is 10.0. The van der Waals surface area contributed by atoms with Crippen LogP contribution in [0.4, 0.5) is 11.5 Å². The quantitative estimate of drug-likeness (QED) is 0.376. The zero-order chi connectivity index (χ0) is 22.5. The summed E-state index contributed by atoms with van der Waals surface area (Å²) in [6.07, 6.45) is 5.62. The fourth-order valence-corrected chi connectivity index (χ4v) is 4.02. The molecule has 7 nitrogen and oxygen atoms in total. The maximum atomic E-state index is 6.46. The van der Waals surface area contributed by atoms with Gasteiger partial charge in [-0.1, -0.05) is 17.7 Å². The van der Waals surface area contributed by atoms with Crippen molar-refractivity contribution in [2.45, 2.75) is 25.5 Å². The molecule has 168 valence electrons. The van der Waals surface area contributed by atoms with Crippen LogP contribution in [0.15, 0.2) is 67.1 Å². The molecule has 1 aliphatic heterocycles. The lowest BCUT2D eigenvalue weighted by Crippen LogP contribution is -2.28. The number of benzene rings is 2. The third-order valence-electron chi connectivity index (χ3n) is 5.52. The normalized spacial score (nSPS) is 15.5. The van der Waals surface area contributed by atoms with E-state index in [2.05, 4.69) is 25.6 Å². The van der Waals surface area contributed by atoms with Crippen molar-refractivity contribution in [2.24, 2.45) is 0 Å². The molecule has 0 radical (unpaired) electrons. The molecule has 1 atom stereocenters. The van der Waals surface area contributed by atoms with E-state index in [1.807, 2.05) is 54.6 Å². The highest BCUT2D eigenvalue weighted by Gasteiger charge is 2.15. The van der Waals surface area contributed by atoms with Gasteiger partial charge in [0.05, 0.1) is 16.2 Å². The first-order valence-corrected chi connectivity index (χ1v) is 11.3. The topological polar surface area (TPSA) is 81.2 Å². The SMILES string of the molecule is Clc1cc(Nc2ncnc3ccc(OC[C@@H]4CCCN4)cc23)ccc1OCc1ccccn1. The van der Waals surface area contributed by atoms with Crippen molar-refractivity contribution in [1.82, 2.24) is 20.3 Å². The Morgan fingerprint density at radius 1 is 1.03 bits per heavy atom. The van der Waals surface area contributed by atoms with Gasteiger partial charge >= 0.3 is 0 Å². The molecule has 1 saturated heterocycles. The molecular weight excluding hydrogens is 438 g/mol. The first-order chi connectivity index (χ1) is 16.2. The van der Waals surface area contributed by atoms with Gasteiger partial charge in [0.15, 0.2) is 0 Å². The number of hydrogen-bond acceptors (Lipinski definition) is 7. The lowest BCUT2D eigenvalue weighted by atomic mass is 10.2. The van der Waals surface area contributed by atoms with E-state index in [-0.39, 0.29) is 0 Å². The molecule has 0 spiro atoms. The van der Waals surface area contributed by atoms with E-state index in [4.69, 9.17) is 21.1 Å². The predicted octanol–water partition coefficient (Wildman–Crippen LogP) is 5.13. The van der Waals surface area contributed by atoms with Crippen LogP contribution in [0.1, 0.15) is 18.5 Å². The molecule has 2 aromatic heterocycles. The Morgan fingerprint density at radius 2 is 2.00 bits per heavy atom. The molecule has 2 aromatic carbocycles. The van der Waals surface area contributed by atoms with E-state index in [0.29, 0.717) is 35.8 Å². The minimum atomic E-state index is 0.350. The molecule has 33 heavy (non-hydrogen) atoms. The third kappa shape index (κ3) is 5.32. The fraction of sp³-hybridized carbons (Fsp3) is 0.240. The lowest BCUT2D eigenvalue weighted by Gasteiger charge is -2.14. The molecule has 0 aliphatic carbocycles. The van der Waals surface area contributed by atoms with Crippen LogP contribution in [-0.2, 0) is 6.61 Å². The number of rotatable bonds is 8. The van der Waals surface area contributed by atoms with Crippen molar-refractivity contribution in [3.05, 3.63) is 77.8 Å². The Morgan fingerprint density at radius 3 is 2.82 bits per heavy atom. The predicted molar refractivity (Wildman–Crippen MR) is 129 cm³/mol. The van der Waals surface area contributed by atoms with Crippen LogP contribution in [0.3, 0.4) is 0 Å². The van der Waals surface area contributed by atoms with Gasteiger partial charge in [-0.25, -0.2) is 9.97 Å². The van der Waals surface area contributed by atoms with Gasteiger partial charge in [-0.15, -0.1) is 0 Å². The number of ether oxygens (including phenoxy) is 2. The van der Waals surface area contributed by atoms with Crippen LogP contribution in [0, 0.1) is 0 Å². The third-order valence-corrected chi connectivity index (χ3v) is 5.81. The number of aromatic nitrogens is 3. The Hall–Kier alpha value is -3.42. The molecule has 8 heteroatoms. The maximum Gasteiger partial charge on any atom is 0.141 e. The average Bonchev–Trinajstić information content (AvgIpc) is 3.37. The van der Waals surface area contributed by atoms with Gasteiger partial charge in [-0.3, -0.25) is 4.98 Å². The molecule has 0 unspecified atom stereocenters. The minimum absolute atomic E-state index is 0.350. The molecule has 5 rings (SSSR count). The highest BCUT2D eigenvalue weighted by Crippen LogP contribution is 2.31. The van der Waals surface area contributed by atoms with Gasteiger partial charge in [0, 0.05) is 23.3 Å². The molecular formula is C25H24ClN5O2. The second-order valence-electron chi connectivity index (χ2n) is 7.89. The number of pyridine rings is 1. The smallest absolute Gasteiger partial charge is 0.141 e. The Balaban J connectivity index is 1.30. The number of fused-ring (bicyclic) bond motifs is 1. The summed E-state index contributed by atoms with van der Waals surface area (Å²) < 4.78 is 11.8. The fourth-order valence-electron chi connectivity index (χ4n) is 3.79. The molecule has 1 fully saturated rings. The van der Waals surface area contributed by atoms with Gasteiger partial charge in [-0.2, -0.15) is 0 Å². The number of anilines is 2. The highest BCUT2D eigenvalue weighted by molar-refractivity contribution is 6.32. The number of hydrogen-bond donors (Lipinski definition) is 2. The van der Waals surface area contributed by atoms with E-state index in [1.54, 1.807) is 12.5 Å². The summed E-state index contributed by atoms with van der Waals surface area (Å²) in [5.41, 5.74) is 2.47. The molecule has 1 aliphatic rings. The van der Waals surface area contributed by atoms with Crippen LogP contribution in [0.2, 0.25) is 5.02 Å². The molecule has 2 N–H and O–H groups in total. The minimum Gasteiger partial charge on any atom is -0.492 e. The number of nitrogens with zero attached hydrogens (tertiary/aromatic N) is 3. The summed E-state index contributed by atoms with van der Waals surface area (Å²) in [5.74, 6) is 2.07. The van der Waals surface area contributed by atoms with E-state index < -0.39 is 0 Å². The molecule has 0 amide bonds. The van der Waals surface area contributed by atoms with E-state index >= 15 is 0 Å². The number of halogens is 1. The van der Waals surface area contributed by atoms with Crippen molar-refractivity contribution >= 4 is 34.0 Å². The van der Waals surface area contributed by atoms with Crippen molar-refractivity contribution in [2.75, 3.05) is 18.5 Å². The van der Waals surface area contributed by atoms with Gasteiger partial charge in [0.25, 0.3) is 0 Å². The Bertz CT molecular complexity index is 1230. The van der Waals surface area contributed by atoms with Crippen molar-refractivity contribution in [3.63, 3.8) is 0 Å². The van der Waals surface area contributed by atoms with Crippen LogP contribution in [0.25, 0.3) is 10.9 Å². The van der Waals surface area contributed by atoms with Gasteiger partial charge in [-0.05, 0) is 67.9 Å². The first kappa shape index (κ1) is 21.4. The molecule has 0 saturated carbocycles. The van der Waals surface area contributed by atoms with Crippen LogP contribution < -0.4 is 20.1 Å². The highest BCUT2D eigenvalue weighted by atomic mass is 35.5. The summed E-state index contributed by atoms with van der Waals surface area (Å²) in [6, 6.07) is 17.5. The average molecular weight is 462 g/mol. The summed E-state index contributed by atoms with van der Waals surface area (Å²) in [5, 5.41) is 8.17. The zero-order valence-electron chi connectivity index (χ0n) is 18.0. The monoisotopic (exact) mass is 461 g/mol. The van der Waals surface area contributed by atoms with E-state index in [1.165, 1.54) is 6.42 Å². The second-order valence-corrected chi connectivity index (χ2v) is 8.29. The van der Waals surface area contributed by atoms with Crippen molar-refractivity contribution in [1.29, 1.82) is 0 Å². The van der Waals surface area contributed by atoms with Gasteiger partial charge in [0.1, 0.15) is 36.9 Å². The van der Waals surface area contributed by atoms with E-state index in [0.717, 1.165) is 41.0 Å². The summed E-state index contributed by atoms with van der Waals surface area (Å²) in [6.45, 7) is 2.06. The van der Waals surface area contributed by atoms with Crippen molar-refractivity contribution < 1.29 is 9.47 Å². The van der Waals surface area contributed by atoms with E-state index in [9.17, 15) is 0 Å². The van der Waals surface area contributed by atoms with Crippen LogP contribution >= 0.6 is 11.6 Å². The largest absolute Gasteiger partial charge is 0.492 e. The van der Waals surface area contributed by atoms with Gasteiger partial charge in [0.2, 0.25) is 0 Å². The zero-order valence-corrected chi connectivity index (χ0v) is 18.8. The van der Waals surface area contributed by atoms with Crippen molar-refractivity contribution in [3.8, 4) is 11.5 Å². The summed E-state index contributed by atoms with van der Waals surface area (Å²) >= 11 is 6.46. The van der Waals surface area contributed by atoms with Gasteiger partial charge < -0.3 is 20.1 Å². The molecule has 3 heterocycles. The Labute approximate surface area is 197 Å². The first-order valence-electron chi connectivity index (χ1n) is 10.9. The standard InChI is InChI=1S/C25H24ClN5O2/c26-22-12-17(6-9-24(22)33-15-18-4-1-2-10-27-18)31-25-21-13-20(7-8-23(21)29-16-30-25)32-14-19-5-3-11-28-19/h1-2,4,6-10,12-13,16,19,28H,3,5,11,14-15H2,(H,29,30,31)/t19-/m0/s1. The maximum absolute atomic E-state index is 6.46. The molecule has 0 bridgehead atoms. The lowest BCUT2D eigenvalue weighted by molar-refractivity contribution is 0.277. The molecule has 4 aromatic rings. The van der Waals surface area contributed by atoms with Crippen LogP contribution in [0.5, 0.6) is 11.5 Å². The summed E-state index contributed by atoms with van der Waals surface area (Å²) in [4.78, 5) is 13.1. The summed E-state index contributed by atoms with van der Waals surface area (Å²) in [7, 11) is 0. The Kier molecular flexibility index (Phi) is 6.51. The number of nitrogens with one attached hydrogen (secondary N) is 2.